The van der Waals surface area contributed by atoms with Crippen molar-refractivity contribution >= 4 is 17.7 Å². The van der Waals surface area contributed by atoms with Gasteiger partial charge in [0, 0.05) is 30.6 Å². The van der Waals surface area contributed by atoms with Crippen molar-refractivity contribution in [1.29, 1.82) is 0 Å². The van der Waals surface area contributed by atoms with E-state index in [4.69, 9.17) is 9.26 Å². The third kappa shape index (κ3) is 3.55. The van der Waals surface area contributed by atoms with E-state index in [0.29, 0.717) is 23.4 Å². The van der Waals surface area contributed by atoms with Crippen molar-refractivity contribution in [3.05, 3.63) is 35.9 Å². The van der Waals surface area contributed by atoms with Crippen molar-refractivity contribution in [2.45, 2.75) is 44.3 Å². The summed E-state index contributed by atoms with van der Waals surface area (Å²) in [6, 6.07) is 9.44. The standard InChI is InChI=1S/C18H20N4O4/c1-10(23)19-16-9-17(22-26-16)25-13-5-2-11(3-6-13)18(24)21-15-8-12-4-7-14(15)20-12/h2-3,5-6,9,12,14-15,20H,4,7-8H2,1H3,(H,19,23)(H,21,24). The van der Waals surface area contributed by atoms with Crippen molar-refractivity contribution in [2.75, 3.05) is 5.32 Å². The van der Waals surface area contributed by atoms with Gasteiger partial charge < -0.3 is 19.9 Å². The second kappa shape index (κ2) is 6.80. The minimum Gasteiger partial charge on any atom is -0.436 e. The smallest absolute Gasteiger partial charge is 0.261 e. The van der Waals surface area contributed by atoms with Crippen LogP contribution in [0.2, 0.25) is 0 Å². The van der Waals surface area contributed by atoms with Gasteiger partial charge in [-0.25, -0.2) is 0 Å². The fraction of sp³-hybridized carbons (Fsp3) is 0.389. The highest BCUT2D eigenvalue weighted by atomic mass is 16.5. The van der Waals surface area contributed by atoms with E-state index in [9.17, 15) is 9.59 Å². The zero-order chi connectivity index (χ0) is 18.1. The van der Waals surface area contributed by atoms with Gasteiger partial charge in [0.2, 0.25) is 11.8 Å². The molecule has 2 saturated heterocycles. The number of nitrogens with zero attached hydrogens (tertiary/aromatic N) is 1. The van der Waals surface area contributed by atoms with Crippen molar-refractivity contribution in [3.8, 4) is 11.6 Å². The lowest BCUT2D eigenvalue weighted by Crippen LogP contribution is -2.42. The molecule has 2 amide bonds. The van der Waals surface area contributed by atoms with Gasteiger partial charge in [0.25, 0.3) is 11.8 Å². The topological polar surface area (TPSA) is 105 Å². The third-order valence-corrected chi connectivity index (χ3v) is 4.74. The lowest BCUT2D eigenvalue weighted by atomic mass is 9.95. The number of anilines is 1. The van der Waals surface area contributed by atoms with E-state index in [0.717, 1.165) is 12.8 Å². The molecule has 2 fully saturated rings. The quantitative estimate of drug-likeness (QED) is 0.757. The van der Waals surface area contributed by atoms with Crippen LogP contribution in [0.15, 0.2) is 34.9 Å². The molecule has 2 bridgehead atoms. The molecule has 2 aliphatic heterocycles. The van der Waals surface area contributed by atoms with Crippen molar-refractivity contribution < 1.29 is 18.8 Å². The molecule has 8 nitrogen and oxygen atoms in total. The van der Waals surface area contributed by atoms with Crippen LogP contribution in [-0.2, 0) is 4.79 Å². The Morgan fingerprint density at radius 3 is 2.73 bits per heavy atom. The Hall–Kier alpha value is -2.87. The average molecular weight is 356 g/mol. The number of aromatic nitrogens is 1. The number of hydrogen-bond acceptors (Lipinski definition) is 6. The zero-order valence-electron chi connectivity index (χ0n) is 14.3. The number of carbonyl (C=O) groups excluding carboxylic acids is 2. The van der Waals surface area contributed by atoms with E-state index in [1.807, 2.05) is 0 Å². The second-order valence-corrected chi connectivity index (χ2v) is 6.70. The van der Waals surface area contributed by atoms with Gasteiger partial charge in [-0.3, -0.25) is 14.9 Å². The first-order valence-electron chi connectivity index (χ1n) is 8.66. The summed E-state index contributed by atoms with van der Waals surface area (Å²) in [7, 11) is 0. The van der Waals surface area contributed by atoms with Crippen LogP contribution in [0.4, 0.5) is 5.88 Å². The molecule has 3 atom stereocenters. The van der Waals surface area contributed by atoms with E-state index in [2.05, 4.69) is 21.1 Å². The summed E-state index contributed by atoms with van der Waals surface area (Å²) >= 11 is 0. The number of carbonyl (C=O) groups is 2. The maximum Gasteiger partial charge on any atom is 0.261 e. The molecule has 26 heavy (non-hydrogen) atoms. The summed E-state index contributed by atoms with van der Waals surface area (Å²) in [6.07, 6.45) is 3.33. The molecule has 4 rings (SSSR count). The molecular weight excluding hydrogens is 336 g/mol. The maximum atomic E-state index is 12.4. The van der Waals surface area contributed by atoms with E-state index < -0.39 is 0 Å². The van der Waals surface area contributed by atoms with Crippen LogP contribution < -0.4 is 20.7 Å². The number of nitrogens with one attached hydrogen (secondary N) is 3. The molecule has 1 aromatic carbocycles. The predicted octanol–water partition coefficient (Wildman–Crippen LogP) is 2.05. The van der Waals surface area contributed by atoms with Gasteiger partial charge in [-0.2, -0.15) is 0 Å². The van der Waals surface area contributed by atoms with Gasteiger partial charge in [0.05, 0.1) is 6.07 Å². The van der Waals surface area contributed by atoms with Gasteiger partial charge in [0.15, 0.2) is 0 Å². The number of benzene rings is 1. The normalized spacial score (nSPS) is 23.7. The van der Waals surface area contributed by atoms with Crippen LogP contribution in [-0.4, -0.2) is 35.1 Å². The molecule has 8 heteroatoms. The molecule has 0 aliphatic carbocycles. The van der Waals surface area contributed by atoms with Crippen LogP contribution >= 0.6 is 0 Å². The molecule has 2 aliphatic rings. The minimum absolute atomic E-state index is 0.0784. The second-order valence-electron chi connectivity index (χ2n) is 6.70. The van der Waals surface area contributed by atoms with Crippen LogP contribution in [0.3, 0.4) is 0 Å². The van der Waals surface area contributed by atoms with Gasteiger partial charge in [-0.05, 0) is 48.7 Å². The molecule has 3 unspecified atom stereocenters. The number of fused-ring (bicyclic) bond motifs is 2. The first kappa shape index (κ1) is 16.6. The largest absolute Gasteiger partial charge is 0.436 e. The summed E-state index contributed by atoms with van der Waals surface area (Å²) in [5.41, 5.74) is 0.583. The van der Waals surface area contributed by atoms with Gasteiger partial charge in [0.1, 0.15) is 5.75 Å². The van der Waals surface area contributed by atoms with E-state index >= 15 is 0 Å². The van der Waals surface area contributed by atoms with Crippen LogP contribution in [0.5, 0.6) is 11.6 Å². The summed E-state index contributed by atoms with van der Waals surface area (Å²) < 4.78 is 10.5. The van der Waals surface area contributed by atoms with Crippen molar-refractivity contribution in [3.63, 3.8) is 0 Å². The molecule has 136 valence electrons. The molecule has 3 heterocycles. The van der Waals surface area contributed by atoms with Crippen LogP contribution in [0.1, 0.15) is 36.5 Å². The maximum absolute atomic E-state index is 12.4. The van der Waals surface area contributed by atoms with E-state index in [1.165, 1.54) is 19.4 Å². The fourth-order valence-corrected chi connectivity index (χ4v) is 3.57. The van der Waals surface area contributed by atoms with Gasteiger partial charge in [-0.15, -0.1) is 0 Å². The number of rotatable bonds is 5. The molecule has 0 radical (unpaired) electrons. The zero-order valence-corrected chi connectivity index (χ0v) is 14.3. The molecular formula is C18H20N4O4. The Morgan fingerprint density at radius 1 is 1.27 bits per heavy atom. The first-order chi connectivity index (χ1) is 12.6. The fourth-order valence-electron chi connectivity index (χ4n) is 3.57. The lowest BCUT2D eigenvalue weighted by molar-refractivity contribution is -0.114. The first-order valence-corrected chi connectivity index (χ1v) is 8.66. The van der Waals surface area contributed by atoms with Gasteiger partial charge in [-0.1, -0.05) is 0 Å². The Balaban J connectivity index is 1.35. The number of hydrogen-bond donors (Lipinski definition) is 3. The van der Waals surface area contributed by atoms with E-state index in [1.54, 1.807) is 24.3 Å². The summed E-state index contributed by atoms with van der Waals surface area (Å²) in [5, 5.41) is 12.8. The summed E-state index contributed by atoms with van der Waals surface area (Å²) in [5.74, 6) is 0.617. The molecule has 3 N–H and O–H groups in total. The van der Waals surface area contributed by atoms with Crippen LogP contribution in [0.25, 0.3) is 0 Å². The third-order valence-electron chi connectivity index (χ3n) is 4.74. The lowest BCUT2D eigenvalue weighted by Gasteiger charge is -2.21. The molecule has 2 aromatic rings. The van der Waals surface area contributed by atoms with Gasteiger partial charge >= 0.3 is 0 Å². The highest BCUT2D eigenvalue weighted by Gasteiger charge is 2.39. The summed E-state index contributed by atoms with van der Waals surface area (Å²) in [6.45, 7) is 1.37. The monoisotopic (exact) mass is 356 g/mol. The predicted molar refractivity (Wildman–Crippen MR) is 93.1 cm³/mol. The van der Waals surface area contributed by atoms with Crippen LogP contribution in [0, 0.1) is 0 Å². The number of ether oxygens (including phenoxy) is 1. The Kier molecular flexibility index (Phi) is 4.34. The highest BCUT2D eigenvalue weighted by molar-refractivity contribution is 5.94. The van der Waals surface area contributed by atoms with E-state index in [-0.39, 0.29) is 29.6 Å². The molecule has 0 spiro atoms. The Bertz CT molecular complexity index is 817. The SMILES string of the molecule is CC(=O)Nc1cc(Oc2ccc(C(=O)NC3CC4CCC3N4)cc2)no1. The Labute approximate surface area is 150 Å². The Morgan fingerprint density at radius 2 is 2.08 bits per heavy atom. The average Bonchev–Trinajstić information content (AvgIpc) is 3.32. The van der Waals surface area contributed by atoms with Crippen molar-refractivity contribution in [2.24, 2.45) is 0 Å². The molecule has 1 aromatic heterocycles. The minimum atomic E-state index is -0.256. The summed E-state index contributed by atoms with van der Waals surface area (Å²) in [4.78, 5) is 23.4. The molecule has 0 saturated carbocycles. The van der Waals surface area contributed by atoms with Crippen molar-refractivity contribution in [1.82, 2.24) is 15.8 Å². The number of amides is 2. The highest BCUT2D eigenvalue weighted by Crippen LogP contribution is 2.28.